The number of benzene rings is 2. The number of sulfonamides is 1. The maximum absolute atomic E-state index is 12.6. The third-order valence-electron chi connectivity index (χ3n) is 4.93. The lowest BCUT2D eigenvalue weighted by Crippen LogP contribution is -2.49. The molecule has 0 bridgehead atoms. The van der Waals surface area contributed by atoms with Crippen molar-refractivity contribution < 1.29 is 17.9 Å². The number of rotatable bonds is 7. The molecular formula is C22H29N3O4S. The van der Waals surface area contributed by atoms with Crippen LogP contribution in [0.4, 0.5) is 10.5 Å². The summed E-state index contributed by atoms with van der Waals surface area (Å²) in [4.78, 5) is 12.3. The average Bonchev–Trinajstić information content (AvgIpc) is 2.69. The number of morpholine rings is 1. The fourth-order valence-electron chi connectivity index (χ4n) is 3.56. The number of nitrogens with one attached hydrogen (secondary N) is 2. The number of hydrogen-bond donors (Lipinski definition) is 2. The molecule has 1 aliphatic heterocycles. The van der Waals surface area contributed by atoms with E-state index in [1.165, 1.54) is 4.31 Å². The highest BCUT2D eigenvalue weighted by Gasteiger charge is 2.30. The molecule has 2 atom stereocenters. The maximum atomic E-state index is 12.6. The van der Waals surface area contributed by atoms with Crippen LogP contribution in [-0.2, 0) is 21.2 Å². The predicted molar refractivity (Wildman–Crippen MR) is 118 cm³/mol. The first kappa shape index (κ1) is 22.3. The molecule has 162 valence electrons. The second kappa shape index (κ2) is 10.1. The molecule has 2 aromatic carbocycles. The summed E-state index contributed by atoms with van der Waals surface area (Å²) < 4.78 is 32.2. The minimum Gasteiger partial charge on any atom is -0.373 e. The number of nitrogens with zero attached hydrogens (tertiary/aromatic N) is 1. The molecule has 0 unspecified atom stereocenters. The van der Waals surface area contributed by atoms with Gasteiger partial charge < -0.3 is 15.4 Å². The van der Waals surface area contributed by atoms with Gasteiger partial charge in [0, 0.05) is 25.3 Å². The van der Waals surface area contributed by atoms with Gasteiger partial charge in [-0.05, 0) is 37.5 Å². The van der Waals surface area contributed by atoms with Crippen LogP contribution < -0.4 is 10.6 Å². The number of para-hydroxylation sites is 1. The van der Waals surface area contributed by atoms with E-state index in [2.05, 4.69) is 10.6 Å². The van der Waals surface area contributed by atoms with E-state index in [9.17, 15) is 13.2 Å². The van der Waals surface area contributed by atoms with E-state index in [-0.39, 0.29) is 24.5 Å². The van der Waals surface area contributed by atoms with Gasteiger partial charge in [-0.1, -0.05) is 48.5 Å². The van der Waals surface area contributed by atoms with Gasteiger partial charge in [0.1, 0.15) is 0 Å². The summed E-state index contributed by atoms with van der Waals surface area (Å²) in [6, 6.07) is 17.2. The molecule has 1 fully saturated rings. The smallest absolute Gasteiger partial charge is 0.319 e. The van der Waals surface area contributed by atoms with Crippen molar-refractivity contribution in [1.82, 2.24) is 9.62 Å². The number of hydrogen-bond acceptors (Lipinski definition) is 4. The lowest BCUT2D eigenvalue weighted by atomic mass is 10.0. The van der Waals surface area contributed by atoms with E-state index in [4.69, 9.17) is 4.74 Å². The fourth-order valence-corrected chi connectivity index (χ4v) is 5.05. The molecule has 0 saturated carbocycles. The van der Waals surface area contributed by atoms with Crippen LogP contribution in [0.1, 0.15) is 25.0 Å². The topological polar surface area (TPSA) is 87.7 Å². The first-order chi connectivity index (χ1) is 14.3. The van der Waals surface area contributed by atoms with Crippen LogP contribution in [0.25, 0.3) is 0 Å². The minimum absolute atomic E-state index is 0.0368. The molecule has 7 nitrogen and oxygen atoms in total. The lowest BCUT2D eigenvalue weighted by Gasteiger charge is -2.34. The molecule has 30 heavy (non-hydrogen) atoms. The molecule has 2 amide bonds. The third-order valence-corrected chi connectivity index (χ3v) is 6.73. The molecule has 0 radical (unpaired) electrons. The monoisotopic (exact) mass is 431 g/mol. The Morgan fingerprint density at radius 2 is 1.67 bits per heavy atom. The molecule has 8 heteroatoms. The van der Waals surface area contributed by atoms with Crippen molar-refractivity contribution in [3.63, 3.8) is 0 Å². The van der Waals surface area contributed by atoms with Gasteiger partial charge in [0.15, 0.2) is 0 Å². The van der Waals surface area contributed by atoms with Crippen molar-refractivity contribution in [2.45, 2.75) is 32.5 Å². The zero-order valence-corrected chi connectivity index (χ0v) is 18.2. The Bertz CT molecular complexity index is 940. The summed E-state index contributed by atoms with van der Waals surface area (Å²) >= 11 is 0. The zero-order valence-electron chi connectivity index (χ0n) is 17.4. The molecule has 3 rings (SSSR count). The van der Waals surface area contributed by atoms with E-state index in [0.29, 0.717) is 25.2 Å². The second-order valence-electron chi connectivity index (χ2n) is 7.59. The van der Waals surface area contributed by atoms with Gasteiger partial charge in [0.25, 0.3) is 0 Å². The van der Waals surface area contributed by atoms with Gasteiger partial charge in [0.05, 0.1) is 18.0 Å². The van der Waals surface area contributed by atoms with Crippen LogP contribution >= 0.6 is 0 Å². The van der Waals surface area contributed by atoms with Crippen molar-refractivity contribution in [1.29, 1.82) is 0 Å². The number of carbonyl (C=O) groups is 1. The first-order valence-electron chi connectivity index (χ1n) is 10.1. The molecule has 1 aliphatic rings. The van der Waals surface area contributed by atoms with Gasteiger partial charge >= 0.3 is 6.03 Å². The zero-order chi connectivity index (χ0) is 21.6. The summed E-state index contributed by atoms with van der Waals surface area (Å²) in [5, 5.41) is 5.48. The van der Waals surface area contributed by atoms with Crippen LogP contribution in [0.2, 0.25) is 0 Å². The Balaban J connectivity index is 1.53. The minimum atomic E-state index is -3.46. The van der Waals surface area contributed by atoms with Crippen LogP contribution in [-0.4, -0.2) is 56.3 Å². The van der Waals surface area contributed by atoms with Crippen LogP contribution in [0.3, 0.4) is 0 Å². The van der Waals surface area contributed by atoms with E-state index in [1.807, 2.05) is 68.4 Å². The van der Waals surface area contributed by atoms with Crippen LogP contribution in [0.5, 0.6) is 0 Å². The lowest BCUT2D eigenvalue weighted by molar-refractivity contribution is -0.0440. The maximum Gasteiger partial charge on any atom is 0.319 e. The summed E-state index contributed by atoms with van der Waals surface area (Å²) in [5.41, 5.74) is 2.84. The summed E-state index contributed by atoms with van der Waals surface area (Å²) in [6.45, 7) is 4.43. The normalized spacial score (nSPS) is 19.9. The van der Waals surface area contributed by atoms with Crippen molar-refractivity contribution in [3.05, 3.63) is 65.7 Å². The molecule has 0 aromatic heterocycles. The van der Waals surface area contributed by atoms with Gasteiger partial charge in [-0.3, -0.25) is 0 Å². The van der Waals surface area contributed by atoms with Gasteiger partial charge in [0.2, 0.25) is 10.0 Å². The average molecular weight is 432 g/mol. The van der Waals surface area contributed by atoms with Crippen molar-refractivity contribution in [3.8, 4) is 0 Å². The van der Waals surface area contributed by atoms with E-state index in [0.717, 1.165) is 11.1 Å². The van der Waals surface area contributed by atoms with E-state index < -0.39 is 16.1 Å². The Kier molecular flexibility index (Phi) is 7.47. The van der Waals surface area contributed by atoms with Crippen LogP contribution in [0, 0.1) is 0 Å². The number of carbonyl (C=O) groups excluding carboxylic acids is 1. The number of ether oxygens (including phenoxy) is 1. The largest absolute Gasteiger partial charge is 0.373 e. The fraction of sp³-hybridized carbons (Fsp3) is 0.409. The van der Waals surface area contributed by atoms with Crippen LogP contribution in [0.15, 0.2) is 54.6 Å². The summed E-state index contributed by atoms with van der Waals surface area (Å²) in [7, 11) is -3.46. The van der Waals surface area contributed by atoms with Crippen molar-refractivity contribution in [2.24, 2.45) is 0 Å². The highest BCUT2D eigenvalue weighted by atomic mass is 32.2. The molecule has 0 spiro atoms. The van der Waals surface area contributed by atoms with Gasteiger partial charge in [-0.2, -0.15) is 4.31 Å². The summed E-state index contributed by atoms with van der Waals surface area (Å²) in [6.07, 6.45) is 0.417. The van der Waals surface area contributed by atoms with Crippen molar-refractivity contribution in [2.75, 3.05) is 30.7 Å². The van der Waals surface area contributed by atoms with E-state index >= 15 is 0 Å². The Hall–Kier alpha value is -2.42. The Morgan fingerprint density at radius 1 is 1.03 bits per heavy atom. The molecule has 1 heterocycles. The molecular weight excluding hydrogens is 402 g/mol. The molecule has 2 aromatic rings. The molecule has 2 N–H and O–H groups in total. The Labute approximate surface area is 178 Å². The number of anilines is 1. The standard InChI is InChI=1S/C22H29N3O4S/c1-17-15-25(16-18(2)29-17)30(27,28)13-12-23-22(26)24-21-11-7-6-10-20(21)14-19-8-4-3-5-9-19/h3-11,17-18H,12-16H2,1-2H3,(H2,23,24,26)/t17-,18+. The quantitative estimate of drug-likeness (QED) is 0.706. The van der Waals surface area contributed by atoms with Crippen molar-refractivity contribution >= 4 is 21.7 Å². The molecule has 0 aliphatic carbocycles. The highest BCUT2D eigenvalue weighted by Crippen LogP contribution is 2.19. The summed E-state index contributed by atoms with van der Waals surface area (Å²) in [5.74, 6) is -0.147. The highest BCUT2D eigenvalue weighted by molar-refractivity contribution is 7.89. The Morgan fingerprint density at radius 3 is 2.37 bits per heavy atom. The number of amides is 2. The first-order valence-corrected chi connectivity index (χ1v) is 11.7. The number of urea groups is 1. The predicted octanol–water partition coefficient (Wildman–Crippen LogP) is 2.84. The SMILES string of the molecule is C[C@@H]1CN(S(=O)(=O)CCNC(=O)Nc2ccccc2Cc2ccccc2)C[C@H](C)O1. The van der Waals surface area contributed by atoms with E-state index in [1.54, 1.807) is 0 Å². The molecule has 1 saturated heterocycles. The second-order valence-corrected chi connectivity index (χ2v) is 9.68. The van der Waals surface area contributed by atoms with Gasteiger partial charge in [-0.25, -0.2) is 13.2 Å². The van der Waals surface area contributed by atoms with Gasteiger partial charge in [-0.15, -0.1) is 0 Å². The third kappa shape index (κ3) is 6.29.